The van der Waals surface area contributed by atoms with Gasteiger partial charge in [0, 0.05) is 36.5 Å². The lowest BCUT2D eigenvalue weighted by atomic mass is 9.79. The Bertz CT molecular complexity index is 1510. The van der Waals surface area contributed by atoms with E-state index in [1.165, 1.54) is 12.0 Å². The van der Waals surface area contributed by atoms with Crippen molar-refractivity contribution < 1.29 is 14.4 Å². The first-order valence-electron chi connectivity index (χ1n) is 14.2. The third kappa shape index (κ3) is 4.56. The molecule has 1 unspecified atom stereocenters. The van der Waals surface area contributed by atoms with Crippen LogP contribution in [0.3, 0.4) is 0 Å². The Kier molecular flexibility index (Phi) is 6.15. The van der Waals surface area contributed by atoms with Crippen molar-refractivity contribution in [2.45, 2.75) is 50.6 Å². The van der Waals surface area contributed by atoms with Crippen LogP contribution >= 0.6 is 0 Å². The molecule has 8 heteroatoms. The van der Waals surface area contributed by atoms with Gasteiger partial charge in [-0.1, -0.05) is 36.4 Å². The second kappa shape index (κ2) is 9.86. The molecule has 2 fully saturated rings. The van der Waals surface area contributed by atoms with Crippen LogP contribution in [0.15, 0.2) is 60.8 Å². The molecule has 3 aromatic rings. The van der Waals surface area contributed by atoms with Crippen molar-refractivity contribution >= 4 is 29.2 Å². The van der Waals surface area contributed by atoms with Gasteiger partial charge in [0.15, 0.2) is 0 Å². The number of rotatable bonds is 8. The Morgan fingerprint density at radius 3 is 2.60 bits per heavy atom. The van der Waals surface area contributed by atoms with Gasteiger partial charge in [-0.15, -0.1) is 0 Å². The topological polar surface area (TPSA) is 94.6 Å². The summed E-state index contributed by atoms with van der Waals surface area (Å²) < 4.78 is 0. The molecule has 3 heterocycles. The molecule has 1 aromatic heterocycles. The number of fused-ring (bicyclic) bond motifs is 3. The van der Waals surface area contributed by atoms with Gasteiger partial charge in [-0.3, -0.25) is 19.3 Å². The highest BCUT2D eigenvalue weighted by atomic mass is 16.2. The summed E-state index contributed by atoms with van der Waals surface area (Å²) in [6, 6.07) is 18.0. The Morgan fingerprint density at radius 2 is 1.82 bits per heavy atom. The van der Waals surface area contributed by atoms with Crippen LogP contribution in [0.5, 0.6) is 0 Å². The number of carbonyl (C=O) groups is 3. The summed E-state index contributed by atoms with van der Waals surface area (Å²) in [5.74, 6) is 0.494. The first-order valence-corrected chi connectivity index (χ1v) is 14.2. The highest BCUT2D eigenvalue weighted by Gasteiger charge is 2.51. The van der Waals surface area contributed by atoms with E-state index in [9.17, 15) is 14.4 Å². The summed E-state index contributed by atoms with van der Waals surface area (Å²) in [6.07, 6.45) is 5.89. The monoisotopic (exact) mass is 535 g/mol. The molecular formula is C32H33N5O3. The minimum Gasteiger partial charge on any atom is -0.329 e. The minimum absolute atomic E-state index is 0.00978. The molecule has 204 valence electrons. The van der Waals surface area contributed by atoms with Gasteiger partial charge in [-0.25, -0.2) is 4.98 Å². The van der Waals surface area contributed by atoms with Crippen molar-refractivity contribution in [3.8, 4) is 0 Å². The second-order valence-electron chi connectivity index (χ2n) is 11.7. The average Bonchev–Trinajstić information content (AvgIpc) is 3.65. The van der Waals surface area contributed by atoms with E-state index in [1.807, 2.05) is 42.5 Å². The summed E-state index contributed by atoms with van der Waals surface area (Å²) in [5, 5.41) is 5.96. The standard InChI is InChI=1S/C32H33N5O3/c38-28(20-37(30(39)21-8-9-21)19-24-6-2-1-5-23(24)18-36-13-4-14-36)34-26-11-10-22-16-32(17-25(22)15-26)27-7-3-12-33-29(27)35-31(32)40/h1-3,5-7,10-12,15,21H,4,8-9,13-14,16-20H2,(H,34,38)(H,33,35,40). The molecule has 2 aliphatic heterocycles. The van der Waals surface area contributed by atoms with E-state index in [0.717, 1.165) is 54.7 Å². The van der Waals surface area contributed by atoms with Crippen LogP contribution in [0.25, 0.3) is 0 Å². The van der Waals surface area contributed by atoms with E-state index in [0.29, 0.717) is 30.9 Å². The third-order valence-corrected chi connectivity index (χ3v) is 8.86. The molecule has 40 heavy (non-hydrogen) atoms. The van der Waals surface area contributed by atoms with Gasteiger partial charge in [0.25, 0.3) is 0 Å². The number of benzene rings is 2. The van der Waals surface area contributed by atoms with E-state index in [-0.39, 0.29) is 30.2 Å². The molecule has 1 saturated heterocycles. The van der Waals surface area contributed by atoms with Crippen molar-refractivity contribution in [1.82, 2.24) is 14.8 Å². The first-order chi connectivity index (χ1) is 19.5. The van der Waals surface area contributed by atoms with Crippen LogP contribution < -0.4 is 10.6 Å². The minimum atomic E-state index is -0.647. The number of pyridine rings is 1. The number of hydrogen-bond acceptors (Lipinski definition) is 5. The van der Waals surface area contributed by atoms with Crippen molar-refractivity contribution in [2.24, 2.45) is 5.92 Å². The van der Waals surface area contributed by atoms with Crippen LogP contribution in [-0.2, 0) is 45.7 Å². The summed E-state index contributed by atoms with van der Waals surface area (Å²) in [5.41, 5.74) is 5.45. The van der Waals surface area contributed by atoms with Crippen LogP contribution in [0.2, 0.25) is 0 Å². The van der Waals surface area contributed by atoms with Crippen LogP contribution in [0, 0.1) is 5.92 Å². The van der Waals surface area contributed by atoms with Gasteiger partial charge in [0.1, 0.15) is 12.4 Å². The van der Waals surface area contributed by atoms with Crippen molar-refractivity contribution in [1.29, 1.82) is 0 Å². The number of nitrogens with one attached hydrogen (secondary N) is 2. The molecule has 0 radical (unpaired) electrons. The fourth-order valence-corrected chi connectivity index (χ4v) is 6.37. The molecule has 2 aliphatic carbocycles. The van der Waals surface area contributed by atoms with Crippen LogP contribution in [-0.4, -0.2) is 52.1 Å². The zero-order chi connectivity index (χ0) is 27.3. The summed E-state index contributed by atoms with van der Waals surface area (Å²) >= 11 is 0. The van der Waals surface area contributed by atoms with E-state index in [1.54, 1.807) is 11.1 Å². The number of likely N-dealkylation sites (tertiary alicyclic amines) is 1. The number of anilines is 2. The van der Waals surface area contributed by atoms with E-state index < -0.39 is 5.41 Å². The molecular weight excluding hydrogens is 502 g/mol. The van der Waals surface area contributed by atoms with Gasteiger partial charge in [0.05, 0.1) is 5.41 Å². The number of nitrogens with zero attached hydrogens (tertiary/aromatic N) is 3. The fourth-order valence-electron chi connectivity index (χ4n) is 6.37. The zero-order valence-electron chi connectivity index (χ0n) is 22.5. The number of carbonyl (C=O) groups excluding carboxylic acids is 3. The molecule has 2 N–H and O–H groups in total. The normalized spacial score (nSPS) is 20.9. The molecule has 4 aliphatic rings. The largest absolute Gasteiger partial charge is 0.329 e. The molecule has 1 spiro atoms. The molecule has 1 saturated carbocycles. The maximum absolute atomic E-state index is 13.3. The summed E-state index contributed by atoms with van der Waals surface area (Å²) in [4.78, 5) is 48.0. The van der Waals surface area contributed by atoms with E-state index >= 15 is 0 Å². The predicted molar refractivity (Wildman–Crippen MR) is 152 cm³/mol. The summed E-state index contributed by atoms with van der Waals surface area (Å²) in [7, 11) is 0. The molecule has 8 nitrogen and oxygen atoms in total. The molecule has 2 aromatic carbocycles. The highest BCUT2D eigenvalue weighted by molar-refractivity contribution is 6.06. The van der Waals surface area contributed by atoms with Gasteiger partial charge in [0.2, 0.25) is 17.7 Å². The highest BCUT2D eigenvalue weighted by Crippen LogP contribution is 2.47. The number of amides is 3. The molecule has 3 amide bonds. The van der Waals surface area contributed by atoms with Crippen molar-refractivity contribution in [3.05, 3.63) is 88.6 Å². The zero-order valence-corrected chi connectivity index (χ0v) is 22.5. The van der Waals surface area contributed by atoms with Crippen LogP contribution in [0.4, 0.5) is 11.5 Å². The molecule has 7 rings (SSSR count). The SMILES string of the molecule is O=C(CN(Cc1ccccc1CN1CCC1)C(=O)C1CC1)Nc1ccc2c(c1)CC1(C2)C(=O)Nc2ncccc21. The predicted octanol–water partition coefficient (Wildman–Crippen LogP) is 3.65. The summed E-state index contributed by atoms with van der Waals surface area (Å²) in [6.45, 7) is 3.54. The molecule has 1 atom stereocenters. The lowest BCUT2D eigenvalue weighted by Gasteiger charge is -2.32. The number of aromatic nitrogens is 1. The second-order valence-corrected chi connectivity index (χ2v) is 11.7. The Morgan fingerprint density at radius 1 is 1.02 bits per heavy atom. The average molecular weight is 536 g/mol. The van der Waals surface area contributed by atoms with Crippen LogP contribution in [0.1, 0.15) is 47.1 Å². The first kappa shape index (κ1) is 25.0. The maximum Gasteiger partial charge on any atom is 0.244 e. The van der Waals surface area contributed by atoms with E-state index in [4.69, 9.17) is 0 Å². The lowest BCUT2D eigenvalue weighted by molar-refractivity contribution is -0.136. The van der Waals surface area contributed by atoms with Gasteiger partial charge < -0.3 is 15.5 Å². The van der Waals surface area contributed by atoms with Crippen molar-refractivity contribution in [3.63, 3.8) is 0 Å². The Labute approximate surface area is 233 Å². The Hall–Kier alpha value is -4.04. The maximum atomic E-state index is 13.3. The van der Waals surface area contributed by atoms with Gasteiger partial charge in [-0.2, -0.15) is 0 Å². The molecule has 0 bridgehead atoms. The fraction of sp³-hybridized carbons (Fsp3) is 0.375. The quantitative estimate of drug-likeness (QED) is 0.459. The smallest absolute Gasteiger partial charge is 0.244 e. The lowest BCUT2D eigenvalue weighted by Crippen LogP contribution is -2.39. The Balaban J connectivity index is 1.06. The third-order valence-electron chi connectivity index (χ3n) is 8.86. The van der Waals surface area contributed by atoms with E-state index in [2.05, 4.69) is 32.7 Å². The van der Waals surface area contributed by atoms with Gasteiger partial charge in [-0.05, 0) is 85.6 Å². The van der Waals surface area contributed by atoms with Crippen molar-refractivity contribution in [2.75, 3.05) is 30.3 Å². The number of hydrogen-bond donors (Lipinski definition) is 2. The van der Waals surface area contributed by atoms with Gasteiger partial charge >= 0.3 is 0 Å².